The van der Waals surface area contributed by atoms with E-state index in [1.165, 1.54) is 16.7 Å². The summed E-state index contributed by atoms with van der Waals surface area (Å²) in [5, 5.41) is 20.8. The number of nitrogens with zero attached hydrogens (tertiary/aromatic N) is 3. The van der Waals surface area contributed by atoms with Crippen LogP contribution in [0.3, 0.4) is 0 Å². The van der Waals surface area contributed by atoms with Crippen LogP contribution >= 0.6 is 0 Å². The summed E-state index contributed by atoms with van der Waals surface area (Å²) in [5.41, 5.74) is 1.74. The molecule has 0 saturated carbocycles. The SMILES string of the molecule is [C-]#[N+]c1c(-c2ccc(Oc3ccccc3[N+](=O)[O-])cc2)c(C(=O)O)n(C)c1CC. The highest BCUT2D eigenvalue weighted by molar-refractivity contribution is 6.00. The van der Waals surface area contributed by atoms with Crippen molar-refractivity contribution in [2.45, 2.75) is 13.3 Å². The highest BCUT2D eigenvalue weighted by Gasteiger charge is 2.25. The van der Waals surface area contributed by atoms with Gasteiger partial charge in [0.2, 0.25) is 11.4 Å². The number of carbonyl (C=O) groups is 1. The summed E-state index contributed by atoms with van der Waals surface area (Å²) < 4.78 is 7.15. The molecule has 8 heteroatoms. The third kappa shape index (κ3) is 3.53. The molecular formula is C21H17N3O5. The van der Waals surface area contributed by atoms with Crippen LogP contribution in [0.25, 0.3) is 16.0 Å². The maximum atomic E-state index is 11.8. The molecule has 0 aliphatic rings. The lowest BCUT2D eigenvalue weighted by molar-refractivity contribution is -0.385. The molecule has 0 fully saturated rings. The number of aromatic carboxylic acids is 1. The fraction of sp³-hybridized carbons (Fsp3) is 0.143. The van der Waals surface area contributed by atoms with Gasteiger partial charge in [-0.15, -0.1) is 0 Å². The minimum absolute atomic E-state index is 0.0419. The summed E-state index contributed by atoms with van der Waals surface area (Å²) in [6.45, 7) is 9.38. The number of rotatable bonds is 6. The average Bonchev–Trinajstić information content (AvgIpc) is 3.00. The van der Waals surface area contributed by atoms with Crippen LogP contribution in [0.15, 0.2) is 48.5 Å². The zero-order valence-corrected chi connectivity index (χ0v) is 15.7. The van der Waals surface area contributed by atoms with E-state index in [4.69, 9.17) is 11.3 Å². The van der Waals surface area contributed by atoms with E-state index in [0.29, 0.717) is 34.7 Å². The minimum Gasteiger partial charge on any atom is -0.477 e. The lowest BCUT2D eigenvalue weighted by Crippen LogP contribution is -2.07. The van der Waals surface area contributed by atoms with Crippen LogP contribution in [0.2, 0.25) is 0 Å². The number of nitro benzene ring substituents is 1. The van der Waals surface area contributed by atoms with Crippen molar-refractivity contribution in [2.24, 2.45) is 7.05 Å². The first-order valence-electron chi connectivity index (χ1n) is 8.73. The smallest absolute Gasteiger partial charge is 0.351 e. The van der Waals surface area contributed by atoms with Crippen LogP contribution in [-0.2, 0) is 13.5 Å². The molecular weight excluding hydrogens is 374 g/mol. The minimum atomic E-state index is -1.12. The van der Waals surface area contributed by atoms with E-state index < -0.39 is 10.9 Å². The lowest BCUT2D eigenvalue weighted by Gasteiger charge is -2.08. The van der Waals surface area contributed by atoms with E-state index in [2.05, 4.69) is 4.85 Å². The van der Waals surface area contributed by atoms with E-state index in [-0.39, 0.29) is 17.1 Å². The Morgan fingerprint density at radius 3 is 2.45 bits per heavy atom. The first-order chi connectivity index (χ1) is 13.9. The predicted molar refractivity (Wildman–Crippen MR) is 107 cm³/mol. The van der Waals surface area contributed by atoms with Gasteiger partial charge in [0, 0.05) is 24.4 Å². The van der Waals surface area contributed by atoms with Gasteiger partial charge < -0.3 is 14.4 Å². The quantitative estimate of drug-likeness (QED) is 0.353. The third-order valence-electron chi connectivity index (χ3n) is 4.57. The molecule has 0 unspecified atom stereocenters. The van der Waals surface area contributed by atoms with Crippen LogP contribution < -0.4 is 4.74 Å². The van der Waals surface area contributed by atoms with Crippen molar-refractivity contribution in [1.29, 1.82) is 0 Å². The topological polar surface area (TPSA) is 99.0 Å². The Kier molecular flexibility index (Phi) is 5.32. The van der Waals surface area contributed by atoms with Crippen molar-refractivity contribution in [1.82, 2.24) is 4.57 Å². The first kappa shape index (κ1) is 19.6. The molecule has 0 spiro atoms. The van der Waals surface area contributed by atoms with E-state index in [9.17, 15) is 20.0 Å². The van der Waals surface area contributed by atoms with Crippen molar-refractivity contribution in [2.75, 3.05) is 0 Å². The molecule has 8 nitrogen and oxygen atoms in total. The summed E-state index contributed by atoms with van der Waals surface area (Å²) in [6, 6.07) is 12.5. The molecule has 0 aliphatic heterocycles. The highest BCUT2D eigenvalue weighted by Crippen LogP contribution is 2.40. The molecule has 2 aromatic carbocycles. The lowest BCUT2D eigenvalue weighted by atomic mass is 10.0. The van der Waals surface area contributed by atoms with Gasteiger partial charge in [-0.2, -0.15) is 0 Å². The number of para-hydroxylation sites is 2. The summed E-state index contributed by atoms with van der Waals surface area (Å²) in [6.07, 6.45) is 0.521. The van der Waals surface area contributed by atoms with Crippen molar-refractivity contribution in [3.63, 3.8) is 0 Å². The first-order valence-corrected chi connectivity index (χ1v) is 8.73. The molecule has 146 valence electrons. The fourth-order valence-corrected chi connectivity index (χ4v) is 3.28. The number of ether oxygens (including phenoxy) is 1. The molecule has 0 radical (unpaired) electrons. The largest absolute Gasteiger partial charge is 0.477 e. The Morgan fingerprint density at radius 2 is 1.90 bits per heavy atom. The van der Waals surface area contributed by atoms with Gasteiger partial charge in [-0.3, -0.25) is 10.1 Å². The van der Waals surface area contributed by atoms with Gasteiger partial charge in [-0.1, -0.05) is 31.2 Å². The summed E-state index contributed by atoms with van der Waals surface area (Å²) in [7, 11) is 1.63. The van der Waals surface area contributed by atoms with Crippen molar-refractivity contribution >= 4 is 17.3 Å². The average molecular weight is 391 g/mol. The van der Waals surface area contributed by atoms with Crippen LogP contribution in [0.5, 0.6) is 11.5 Å². The standard InChI is InChI=1S/C21H17N3O5/c1-4-15-19(22-2)18(20(21(25)26)23(15)3)13-9-11-14(12-10-13)29-17-8-6-5-7-16(17)24(27)28/h5-12H,4H2,1,3H3,(H,25,26). The maximum absolute atomic E-state index is 11.8. The molecule has 0 aliphatic carbocycles. The van der Waals surface area contributed by atoms with Gasteiger partial charge in [-0.25, -0.2) is 9.64 Å². The van der Waals surface area contributed by atoms with Crippen LogP contribution in [0, 0.1) is 16.7 Å². The monoisotopic (exact) mass is 391 g/mol. The van der Waals surface area contributed by atoms with Crippen molar-refractivity contribution in [3.05, 3.63) is 81.5 Å². The second-order valence-electron chi connectivity index (χ2n) is 6.20. The normalized spacial score (nSPS) is 10.4. The highest BCUT2D eigenvalue weighted by atomic mass is 16.6. The molecule has 0 atom stereocenters. The Hall–Kier alpha value is -4.12. The molecule has 29 heavy (non-hydrogen) atoms. The van der Waals surface area contributed by atoms with Gasteiger partial charge in [0.25, 0.3) is 0 Å². The van der Waals surface area contributed by atoms with Gasteiger partial charge >= 0.3 is 11.7 Å². The second-order valence-corrected chi connectivity index (χ2v) is 6.20. The van der Waals surface area contributed by atoms with Crippen LogP contribution in [0.4, 0.5) is 11.4 Å². The Labute approximate surface area is 166 Å². The van der Waals surface area contributed by atoms with E-state index in [0.717, 1.165) is 0 Å². The van der Waals surface area contributed by atoms with Gasteiger partial charge in [0.05, 0.1) is 11.5 Å². The number of carboxylic acid groups (broad SMARTS) is 1. The number of nitro groups is 1. The number of carboxylic acids is 1. The molecule has 0 bridgehead atoms. The third-order valence-corrected chi connectivity index (χ3v) is 4.57. The molecule has 1 aromatic heterocycles. The van der Waals surface area contributed by atoms with Gasteiger partial charge in [0.1, 0.15) is 11.4 Å². The summed E-state index contributed by atoms with van der Waals surface area (Å²) in [5.74, 6) is -0.658. The van der Waals surface area contributed by atoms with E-state index in [1.807, 2.05) is 6.92 Å². The Balaban J connectivity index is 2.03. The number of hydrogen-bond acceptors (Lipinski definition) is 4. The predicted octanol–water partition coefficient (Wildman–Crippen LogP) is 5.20. The van der Waals surface area contributed by atoms with Crippen molar-refractivity contribution in [3.8, 4) is 22.6 Å². The van der Waals surface area contributed by atoms with E-state index >= 15 is 0 Å². The Bertz CT molecular complexity index is 1140. The fourth-order valence-electron chi connectivity index (χ4n) is 3.28. The molecule has 3 aromatic rings. The van der Waals surface area contributed by atoms with Crippen LogP contribution in [-0.4, -0.2) is 20.6 Å². The molecule has 1 N–H and O–H groups in total. The van der Waals surface area contributed by atoms with E-state index in [1.54, 1.807) is 43.4 Å². The van der Waals surface area contributed by atoms with Gasteiger partial charge in [0.15, 0.2) is 0 Å². The van der Waals surface area contributed by atoms with Crippen LogP contribution in [0.1, 0.15) is 23.1 Å². The summed E-state index contributed by atoms with van der Waals surface area (Å²) >= 11 is 0. The molecule has 0 amide bonds. The second kappa shape index (κ2) is 7.86. The van der Waals surface area contributed by atoms with Crippen molar-refractivity contribution < 1.29 is 19.6 Å². The number of hydrogen-bond donors (Lipinski definition) is 1. The molecule has 0 saturated heterocycles. The zero-order valence-electron chi connectivity index (χ0n) is 15.7. The number of benzene rings is 2. The Morgan fingerprint density at radius 1 is 1.24 bits per heavy atom. The summed E-state index contributed by atoms with van der Waals surface area (Å²) in [4.78, 5) is 26.0. The zero-order chi connectivity index (χ0) is 21.1. The van der Waals surface area contributed by atoms with Gasteiger partial charge in [-0.05, 0) is 30.2 Å². The molecule has 1 heterocycles. The molecule has 3 rings (SSSR count). The maximum Gasteiger partial charge on any atom is 0.351 e. The number of aromatic nitrogens is 1.